The van der Waals surface area contributed by atoms with Crippen LogP contribution in [0.2, 0.25) is 0 Å². The van der Waals surface area contributed by atoms with Gasteiger partial charge in [-0.2, -0.15) is 0 Å². The minimum Gasteiger partial charge on any atom is -0.494 e. The molecule has 4 heteroatoms. The van der Waals surface area contributed by atoms with Crippen LogP contribution in [0.1, 0.15) is 29.8 Å². The number of aryl methyl sites for hydroxylation is 1. The maximum atomic E-state index is 12.3. The lowest BCUT2D eigenvalue weighted by molar-refractivity contribution is 0.0926. The Morgan fingerprint density at radius 3 is 2.52 bits per heavy atom. The second kappa shape index (κ2) is 8.22. The highest BCUT2D eigenvalue weighted by Gasteiger charge is 2.12. The number of benzene rings is 2. The molecule has 1 amide bonds. The molecular formula is C19H23NO3. The number of para-hydroxylation sites is 1. The number of carbonyl (C=O) groups excluding carboxylic acids is 1. The van der Waals surface area contributed by atoms with E-state index in [1.54, 1.807) is 6.07 Å². The van der Waals surface area contributed by atoms with Gasteiger partial charge >= 0.3 is 0 Å². The van der Waals surface area contributed by atoms with Crippen LogP contribution in [0.15, 0.2) is 48.5 Å². The molecule has 2 aromatic carbocycles. The lowest BCUT2D eigenvalue weighted by Crippen LogP contribution is -2.36. The van der Waals surface area contributed by atoms with Crippen molar-refractivity contribution in [1.82, 2.24) is 5.32 Å². The molecule has 23 heavy (non-hydrogen) atoms. The van der Waals surface area contributed by atoms with Crippen molar-refractivity contribution < 1.29 is 14.3 Å². The van der Waals surface area contributed by atoms with Gasteiger partial charge in [0.1, 0.15) is 18.1 Å². The van der Waals surface area contributed by atoms with E-state index in [1.807, 2.05) is 63.2 Å². The fourth-order valence-electron chi connectivity index (χ4n) is 2.19. The Bertz CT molecular complexity index is 640. The molecule has 2 aromatic rings. The molecular weight excluding hydrogens is 290 g/mol. The minimum atomic E-state index is -0.111. The van der Waals surface area contributed by atoms with Crippen molar-refractivity contribution in [3.05, 3.63) is 59.7 Å². The Morgan fingerprint density at radius 1 is 1.13 bits per heavy atom. The topological polar surface area (TPSA) is 47.6 Å². The summed E-state index contributed by atoms with van der Waals surface area (Å²) < 4.78 is 11.1. The Balaban J connectivity index is 1.89. The smallest absolute Gasteiger partial charge is 0.251 e. The zero-order chi connectivity index (χ0) is 16.7. The summed E-state index contributed by atoms with van der Waals surface area (Å²) in [4.78, 5) is 12.3. The first-order valence-corrected chi connectivity index (χ1v) is 7.82. The van der Waals surface area contributed by atoms with Crippen LogP contribution < -0.4 is 14.8 Å². The number of rotatable bonds is 7. The molecule has 4 nitrogen and oxygen atoms in total. The van der Waals surface area contributed by atoms with E-state index in [0.717, 1.165) is 17.1 Å². The van der Waals surface area contributed by atoms with Crippen LogP contribution in [-0.2, 0) is 0 Å². The predicted molar refractivity (Wildman–Crippen MR) is 91.2 cm³/mol. The molecule has 2 rings (SSSR count). The molecule has 0 radical (unpaired) electrons. The van der Waals surface area contributed by atoms with Crippen LogP contribution >= 0.6 is 0 Å². The summed E-state index contributed by atoms with van der Waals surface area (Å²) in [5, 5.41) is 2.94. The highest BCUT2D eigenvalue weighted by Crippen LogP contribution is 2.19. The van der Waals surface area contributed by atoms with E-state index in [9.17, 15) is 4.79 Å². The van der Waals surface area contributed by atoms with Crippen LogP contribution in [0.3, 0.4) is 0 Å². The molecule has 0 spiro atoms. The molecule has 0 fully saturated rings. The second-order valence-electron chi connectivity index (χ2n) is 5.41. The first kappa shape index (κ1) is 16.9. The van der Waals surface area contributed by atoms with E-state index >= 15 is 0 Å². The van der Waals surface area contributed by atoms with Crippen molar-refractivity contribution in [3.8, 4) is 11.5 Å². The zero-order valence-corrected chi connectivity index (χ0v) is 13.8. The number of hydrogen-bond donors (Lipinski definition) is 1. The summed E-state index contributed by atoms with van der Waals surface area (Å²) in [6.07, 6.45) is 0. The Kier molecular flexibility index (Phi) is 6.03. The van der Waals surface area contributed by atoms with E-state index in [1.165, 1.54) is 0 Å². The van der Waals surface area contributed by atoms with Crippen molar-refractivity contribution in [3.63, 3.8) is 0 Å². The Morgan fingerprint density at radius 2 is 1.87 bits per heavy atom. The van der Waals surface area contributed by atoms with Crippen molar-refractivity contribution in [2.75, 3.05) is 13.2 Å². The van der Waals surface area contributed by atoms with Gasteiger partial charge in [0.25, 0.3) is 5.91 Å². The number of amides is 1. The Hall–Kier alpha value is -2.49. The summed E-state index contributed by atoms with van der Waals surface area (Å²) in [5.41, 5.74) is 1.57. The summed E-state index contributed by atoms with van der Waals surface area (Å²) in [6, 6.07) is 14.9. The second-order valence-corrected chi connectivity index (χ2v) is 5.41. The number of carbonyl (C=O) groups is 1. The van der Waals surface area contributed by atoms with Crippen molar-refractivity contribution in [2.24, 2.45) is 0 Å². The quantitative estimate of drug-likeness (QED) is 0.850. The monoisotopic (exact) mass is 313 g/mol. The van der Waals surface area contributed by atoms with E-state index in [0.29, 0.717) is 18.8 Å². The highest BCUT2D eigenvalue weighted by molar-refractivity contribution is 5.94. The van der Waals surface area contributed by atoms with Gasteiger partial charge in [0.05, 0.1) is 12.6 Å². The van der Waals surface area contributed by atoms with Crippen molar-refractivity contribution >= 4 is 5.91 Å². The average Bonchev–Trinajstić information content (AvgIpc) is 2.56. The van der Waals surface area contributed by atoms with E-state index in [2.05, 4.69) is 5.32 Å². The van der Waals surface area contributed by atoms with Gasteiger partial charge in [0.15, 0.2) is 0 Å². The van der Waals surface area contributed by atoms with Crippen molar-refractivity contribution in [1.29, 1.82) is 0 Å². The van der Waals surface area contributed by atoms with Crippen LogP contribution in [-0.4, -0.2) is 25.2 Å². The van der Waals surface area contributed by atoms with Gasteiger partial charge in [-0.1, -0.05) is 18.2 Å². The van der Waals surface area contributed by atoms with Gasteiger partial charge in [0, 0.05) is 5.56 Å². The maximum Gasteiger partial charge on any atom is 0.251 e. The molecule has 0 saturated carbocycles. The minimum absolute atomic E-state index is 0.0884. The number of nitrogens with one attached hydrogen (secondary N) is 1. The third-order valence-corrected chi connectivity index (χ3v) is 3.36. The van der Waals surface area contributed by atoms with Crippen LogP contribution in [0.25, 0.3) is 0 Å². The SMILES string of the molecule is CCOc1ccc(C(=O)NC(C)COc2ccccc2)cc1C. The molecule has 1 unspecified atom stereocenters. The first-order chi connectivity index (χ1) is 11.1. The molecule has 0 aromatic heterocycles. The van der Waals surface area contributed by atoms with Gasteiger partial charge in [-0.05, 0) is 56.7 Å². The number of ether oxygens (including phenoxy) is 2. The van der Waals surface area contributed by atoms with E-state index in [-0.39, 0.29) is 11.9 Å². The largest absolute Gasteiger partial charge is 0.494 e. The Labute approximate surface area is 137 Å². The molecule has 0 saturated heterocycles. The molecule has 0 heterocycles. The highest BCUT2D eigenvalue weighted by atomic mass is 16.5. The normalized spacial score (nSPS) is 11.6. The van der Waals surface area contributed by atoms with Crippen LogP contribution in [0.5, 0.6) is 11.5 Å². The fraction of sp³-hybridized carbons (Fsp3) is 0.316. The van der Waals surface area contributed by atoms with Crippen LogP contribution in [0.4, 0.5) is 0 Å². The van der Waals surface area contributed by atoms with Gasteiger partial charge in [-0.15, -0.1) is 0 Å². The standard InChI is InChI=1S/C19H23NO3/c1-4-22-18-11-10-16(12-14(18)2)19(21)20-15(3)13-23-17-8-6-5-7-9-17/h5-12,15H,4,13H2,1-3H3,(H,20,21). The van der Waals surface area contributed by atoms with Crippen LogP contribution in [0, 0.1) is 6.92 Å². The molecule has 0 aliphatic rings. The maximum absolute atomic E-state index is 12.3. The lowest BCUT2D eigenvalue weighted by atomic mass is 10.1. The van der Waals surface area contributed by atoms with Gasteiger partial charge in [-0.25, -0.2) is 0 Å². The summed E-state index contributed by atoms with van der Waals surface area (Å²) in [7, 11) is 0. The third-order valence-electron chi connectivity index (χ3n) is 3.36. The van der Waals surface area contributed by atoms with Gasteiger partial charge < -0.3 is 14.8 Å². The predicted octanol–water partition coefficient (Wildman–Crippen LogP) is 3.59. The number of hydrogen-bond acceptors (Lipinski definition) is 3. The zero-order valence-electron chi connectivity index (χ0n) is 13.8. The molecule has 0 aliphatic carbocycles. The summed E-state index contributed by atoms with van der Waals surface area (Å²) in [6.45, 7) is 6.83. The third kappa shape index (κ3) is 5.02. The van der Waals surface area contributed by atoms with E-state index < -0.39 is 0 Å². The van der Waals surface area contributed by atoms with Crippen molar-refractivity contribution in [2.45, 2.75) is 26.8 Å². The molecule has 1 atom stereocenters. The lowest BCUT2D eigenvalue weighted by Gasteiger charge is -2.16. The fourth-order valence-corrected chi connectivity index (χ4v) is 2.19. The van der Waals surface area contributed by atoms with E-state index in [4.69, 9.17) is 9.47 Å². The average molecular weight is 313 g/mol. The van der Waals surface area contributed by atoms with Gasteiger partial charge in [-0.3, -0.25) is 4.79 Å². The first-order valence-electron chi connectivity index (χ1n) is 7.82. The molecule has 1 N–H and O–H groups in total. The molecule has 0 aliphatic heterocycles. The van der Waals surface area contributed by atoms with Gasteiger partial charge in [0.2, 0.25) is 0 Å². The molecule has 122 valence electrons. The summed E-state index contributed by atoms with van der Waals surface area (Å²) >= 11 is 0. The summed E-state index contributed by atoms with van der Waals surface area (Å²) in [5.74, 6) is 1.50. The molecule has 0 bridgehead atoms.